The van der Waals surface area contributed by atoms with Crippen LogP contribution in [0.1, 0.15) is 37.6 Å². The molecular formula is C14H23N3O. The van der Waals surface area contributed by atoms with Crippen LogP contribution in [0.4, 0.5) is 5.82 Å². The molecule has 1 heterocycles. The second-order valence-electron chi connectivity index (χ2n) is 4.84. The predicted octanol–water partition coefficient (Wildman–Crippen LogP) is 2.63. The molecule has 0 atom stereocenters. The molecule has 0 unspecified atom stereocenters. The van der Waals surface area contributed by atoms with Gasteiger partial charge in [-0.25, -0.2) is 4.98 Å². The molecule has 1 aromatic heterocycles. The van der Waals surface area contributed by atoms with Crippen molar-refractivity contribution in [2.45, 2.75) is 27.2 Å². The predicted molar refractivity (Wildman–Crippen MR) is 74.8 cm³/mol. The molecule has 0 saturated carbocycles. The summed E-state index contributed by atoms with van der Waals surface area (Å²) in [6.07, 6.45) is 2.71. The molecule has 0 fully saturated rings. The Morgan fingerprint density at radius 3 is 2.83 bits per heavy atom. The van der Waals surface area contributed by atoms with Crippen LogP contribution in [-0.2, 0) is 0 Å². The largest absolute Gasteiger partial charge is 0.370 e. The van der Waals surface area contributed by atoms with E-state index in [4.69, 9.17) is 0 Å². The van der Waals surface area contributed by atoms with Crippen molar-refractivity contribution in [3.8, 4) is 0 Å². The summed E-state index contributed by atoms with van der Waals surface area (Å²) in [6.45, 7) is 7.84. The van der Waals surface area contributed by atoms with Crippen LogP contribution in [-0.4, -0.2) is 35.9 Å². The number of carbonyl (C=O) groups is 1. The van der Waals surface area contributed by atoms with Crippen LogP contribution in [0.3, 0.4) is 0 Å². The number of anilines is 1. The maximum Gasteiger partial charge on any atom is 0.257 e. The Labute approximate surface area is 109 Å². The Bertz CT molecular complexity index is 390. The smallest absolute Gasteiger partial charge is 0.257 e. The van der Waals surface area contributed by atoms with E-state index in [0.29, 0.717) is 17.3 Å². The molecule has 4 nitrogen and oxygen atoms in total. The third kappa shape index (κ3) is 4.02. The monoisotopic (exact) mass is 249 g/mol. The number of nitrogens with zero attached hydrogens (tertiary/aromatic N) is 2. The van der Waals surface area contributed by atoms with Gasteiger partial charge in [0.05, 0.1) is 5.56 Å². The van der Waals surface area contributed by atoms with E-state index in [1.165, 1.54) is 0 Å². The van der Waals surface area contributed by atoms with Crippen molar-refractivity contribution < 1.29 is 4.79 Å². The van der Waals surface area contributed by atoms with E-state index in [-0.39, 0.29) is 5.91 Å². The van der Waals surface area contributed by atoms with Crippen LogP contribution < -0.4 is 5.32 Å². The van der Waals surface area contributed by atoms with Crippen LogP contribution in [0.2, 0.25) is 0 Å². The second kappa shape index (κ2) is 6.99. The van der Waals surface area contributed by atoms with Gasteiger partial charge in [-0.2, -0.15) is 0 Å². The van der Waals surface area contributed by atoms with Crippen molar-refractivity contribution in [1.82, 2.24) is 9.88 Å². The summed E-state index contributed by atoms with van der Waals surface area (Å²) in [4.78, 5) is 18.3. The molecule has 0 aromatic carbocycles. The van der Waals surface area contributed by atoms with Gasteiger partial charge in [-0.1, -0.05) is 13.8 Å². The van der Waals surface area contributed by atoms with Gasteiger partial charge in [-0.3, -0.25) is 4.79 Å². The minimum absolute atomic E-state index is 0.0275. The van der Waals surface area contributed by atoms with E-state index in [2.05, 4.69) is 24.1 Å². The number of amides is 1. The SMILES string of the molecule is CCNc1ncccc1C(=O)N(C)CCC(C)C. The number of carbonyl (C=O) groups excluding carboxylic acids is 1. The summed E-state index contributed by atoms with van der Waals surface area (Å²) < 4.78 is 0. The highest BCUT2D eigenvalue weighted by Crippen LogP contribution is 2.14. The number of aromatic nitrogens is 1. The summed E-state index contributed by atoms with van der Waals surface area (Å²) in [5.41, 5.74) is 0.644. The molecule has 1 aromatic rings. The normalized spacial score (nSPS) is 10.5. The zero-order valence-electron chi connectivity index (χ0n) is 11.7. The molecule has 0 spiro atoms. The summed E-state index contributed by atoms with van der Waals surface area (Å²) in [7, 11) is 1.84. The Morgan fingerprint density at radius 1 is 1.50 bits per heavy atom. The van der Waals surface area contributed by atoms with Gasteiger partial charge in [0.15, 0.2) is 0 Å². The fraction of sp³-hybridized carbons (Fsp3) is 0.571. The molecule has 18 heavy (non-hydrogen) atoms. The molecule has 0 radical (unpaired) electrons. The number of pyridine rings is 1. The standard InChI is InChI=1S/C14H23N3O/c1-5-15-13-12(7-6-9-16-13)14(18)17(4)10-8-11(2)3/h6-7,9,11H,5,8,10H2,1-4H3,(H,15,16). The van der Waals surface area contributed by atoms with Crippen molar-refractivity contribution in [3.63, 3.8) is 0 Å². The van der Waals surface area contributed by atoms with Gasteiger partial charge in [-0.15, -0.1) is 0 Å². The van der Waals surface area contributed by atoms with Crippen molar-refractivity contribution in [1.29, 1.82) is 0 Å². The van der Waals surface area contributed by atoms with Crippen LogP contribution in [0, 0.1) is 5.92 Å². The first kappa shape index (κ1) is 14.5. The molecule has 100 valence electrons. The van der Waals surface area contributed by atoms with Crippen LogP contribution >= 0.6 is 0 Å². The van der Waals surface area contributed by atoms with Crippen molar-refractivity contribution in [2.75, 3.05) is 25.5 Å². The molecule has 0 saturated heterocycles. The summed E-state index contributed by atoms with van der Waals surface area (Å²) >= 11 is 0. The molecule has 0 aliphatic heterocycles. The fourth-order valence-electron chi connectivity index (χ4n) is 1.65. The lowest BCUT2D eigenvalue weighted by molar-refractivity contribution is 0.0790. The number of rotatable bonds is 6. The highest BCUT2D eigenvalue weighted by Gasteiger charge is 2.16. The first-order valence-corrected chi connectivity index (χ1v) is 6.50. The molecule has 0 aliphatic carbocycles. The molecule has 1 rings (SSSR count). The molecule has 1 N–H and O–H groups in total. The van der Waals surface area contributed by atoms with Gasteiger partial charge in [0, 0.05) is 26.3 Å². The van der Waals surface area contributed by atoms with Gasteiger partial charge in [0.1, 0.15) is 5.82 Å². The van der Waals surface area contributed by atoms with Gasteiger partial charge >= 0.3 is 0 Å². The van der Waals surface area contributed by atoms with Gasteiger partial charge in [0.2, 0.25) is 0 Å². The maximum absolute atomic E-state index is 12.3. The molecular weight excluding hydrogens is 226 g/mol. The van der Waals surface area contributed by atoms with E-state index in [1.807, 2.05) is 20.0 Å². The summed E-state index contributed by atoms with van der Waals surface area (Å²) in [5, 5.41) is 3.12. The fourth-order valence-corrected chi connectivity index (χ4v) is 1.65. The number of hydrogen-bond donors (Lipinski definition) is 1. The lowest BCUT2D eigenvalue weighted by Gasteiger charge is -2.19. The van der Waals surface area contributed by atoms with Crippen molar-refractivity contribution in [2.24, 2.45) is 5.92 Å². The Kier molecular flexibility index (Phi) is 5.62. The first-order valence-electron chi connectivity index (χ1n) is 6.50. The lowest BCUT2D eigenvalue weighted by Crippen LogP contribution is -2.29. The highest BCUT2D eigenvalue weighted by molar-refractivity contribution is 5.98. The second-order valence-corrected chi connectivity index (χ2v) is 4.84. The van der Waals surface area contributed by atoms with Crippen molar-refractivity contribution in [3.05, 3.63) is 23.9 Å². The number of hydrogen-bond acceptors (Lipinski definition) is 3. The van der Waals surface area contributed by atoms with E-state index in [0.717, 1.165) is 19.5 Å². The lowest BCUT2D eigenvalue weighted by atomic mass is 10.1. The first-order chi connectivity index (χ1) is 8.56. The zero-order valence-corrected chi connectivity index (χ0v) is 11.7. The molecule has 4 heteroatoms. The Morgan fingerprint density at radius 2 is 2.22 bits per heavy atom. The third-order valence-corrected chi connectivity index (χ3v) is 2.77. The van der Waals surface area contributed by atoms with E-state index < -0.39 is 0 Å². The molecule has 1 amide bonds. The number of nitrogens with one attached hydrogen (secondary N) is 1. The van der Waals surface area contributed by atoms with Crippen molar-refractivity contribution >= 4 is 11.7 Å². The average Bonchev–Trinajstić information content (AvgIpc) is 2.36. The topological polar surface area (TPSA) is 45.2 Å². The minimum atomic E-state index is 0.0275. The van der Waals surface area contributed by atoms with Gasteiger partial charge in [0.25, 0.3) is 5.91 Å². The Balaban J connectivity index is 2.76. The maximum atomic E-state index is 12.3. The molecule has 0 aliphatic rings. The van der Waals surface area contributed by atoms with Gasteiger partial charge < -0.3 is 10.2 Å². The zero-order chi connectivity index (χ0) is 13.5. The quantitative estimate of drug-likeness (QED) is 0.843. The highest BCUT2D eigenvalue weighted by atomic mass is 16.2. The summed E-state index contributed by atoms with van der Waals surface area (Å²) in [6, 6.07) is 3.61. The van der Waals surface area contributed by atoms with E-state index in [9.17, 15) is 4.79 Å². The average molecular weight is 249 g/mol. The summed E-state index contributed by atoms with van der Waals surface area (Å²) in [5.74, 6) is 1.29. The van der Waals surface area contributed by atoms with E-state index in [1.54, 1.807) is 17.2 Å². The van der Waals surface area contributed by atoms with Crippen LogP contribution in [0.15, 0.2) is 18.3 Å². The minimum Gasteiger partial charge on any atom is -0.370 e. The van der Waals surface area contributed by atoms with Crippen LogP contribution in [0.5, 0.6) is 0 Å². The third-order valence-electron chi connectivity index (χ3n) is 2.77. The van der Waals surface area contributed by atoms with Gasteiger partial charge in [-0.05, 0) is 31.4 Å². The van der Waals surface area contributed by atoms with E-state index >= 15 is 0 Å². The molecule has 0 bridgehead atoms. The Hall–Kier alpha value is -1.58. The van der Waals surface area contributed by atoms with Crippen LogP contribution in [0.25, 0.3) is 0 Å².